The van der Waals surface area contributed by atoms with Gasteiger partial charge in [0.1, 0.15) is 0 Å². The van der Waals surface area contributed by atoms with Crippen LogP contribution in [-0.2, 0) is 17.8 Å². The molecule has 7 heteroatoms. The van der Waals surface area contributed by atoms with E-state index in [1.54, 1.807) is 0 Å². The minimum Gasteiger partial charge on any atom is -0.369 e. The Hall–Kier alpha value is -3.06. The molecule has 0 radical (unpaired) electrons. The van der Waals surface area contributed by atoms with Crippen molar-refractivity contribution in [2.75, 3.05) is 13.1 Å². The third-order valence-corrected chi connectivity index (χ3v) is 5.84. The topological polar surface area (TPSA) is 91.1 Å². The second-order valence-electron chi connectivity index (χ2n) is 7.67. The third kappa shape index (κ3) is 4.51. The van der Waals surface area contributed by atoms with Crippen LogP contribution in [0.3, 0.4) is 0 Å². The normalized spacial score (nSPS) is 20.3. The van der Waals surface area contributed by atoms with Crippen LogP contribution in [0.5, 0.6) is 0 Å². The fourth-order valence-corrected chi connectivity index (χ4v) is 4.23. The summed E-state index contributed by atoms with van der Waals surface area (Å²) in [5.74, 6) is 0.664. The summed E-state index contributed by atoms with van der Waals surface area (Å²) in [6.07, 6.45) is 2.48. The Labute approximate surface area is 170 Å². The number of rotatable bonds is 7. The first-order valence-corrected chi connectivity index (χ1v) is 10.2. The summed E-state index contributed by atoms with van der Waals surface area (Å²) in [6.45, 7) is 2.48. The molecule has 1 amide bonds. The lowest BCUT2D eigenvalue weighted by atomic mass is 9.93. The van der Waals surface area contributed by atoms with E-state index in [-0.39, 0.29) is 17.9 Å². The molecule has 1 aliphatic heterocycles. The van der Waals surface area contributed by atoms with E-state index in [1.165, 1.54) is 16.0 Å². The SMILES string of the molecule is NC(=O)C1CC[NH+]([C@@H](c2ccccc2)c2nnnn2CCc2ccccc2)CC1. The van der Waals surface area contributed by atoms with Gasteiger partial charge in [-0.3, -0.25) is 4.79 Å². The minimum absolute atomic E-state index is 0.0238. The molecule has 1 saturated heterocycles. The van der Waals surface area contributed by atoms with E-state index < -0.39 is 0 Å². The highest BCUT2D eigenvalue weighted by Gasteiger charge is 2.35. The summed E-state index contributed by atoms with van der Waals surface area (Å²) in [5, 5.41) is 12.7. The molecule has 1 aromatic heterocycles. The van der Waals surface area contributed by atoms with Crippen LogP contribution >= 0.6 is 0 Å². The number of quaternary nitrogens is 1. The van der Waals surface area contributed by atoms with Gasteiger partial charge in [0.15, 0.2) is 6.04 Å². The molecule has 150 valence electrons. The Morgan fingerprint density at radius 1 is 1.07 bits per heavy atom. The number of primary amides is 1. The van der Waals surface area contributed by atoms with Gasteiger partial charge in [0, 0.05) is 30.9 Å². The maximum absolute atomic E-state index is 11.6. The Kier molecular flexibility index (Phi) is 5.95. The molecule has 1 atom stereocenters. The number of hydrogen-bond donors (Lipinski definition) is 2. The van der Waals surface area contributed by atoms with Crippen LogP contribution in [0.4, 0.5) is 0 Å². The van der Waals surface area contributed by atoms with E-state index >= 15 is 0 Å². The number of nitrogens with one attached hydrogen (secondary N) is 1. The molecular formula is C22H27N6O+. The van der Waals surface area contributed by atoms with Crippen LogP contribution in [0.2, 0.25) is 0 Å². The first-order valence-electron chi connectivity index (χ1n) is 10.2. The van der Waals surface area contributed by atoms with Crippen LogP contribution < -0.4 is 10.6 Å². The lowest BCUT2D eigenvalue weighted by Gasteiger charge is -2.33. The van der Waals surface area contributed by atoms with E-state index in [1.807, 2.05) is 16.8 Å². The molecule has 3 N–H and O–H groups in total. The molecular weight excluding hydrogens is 364 g/mol. The molecule has 0 unspecified atom stereocenters. The number of likely N-dealkylation sites (tertiary alicyclic amines) is 1. The molecule has 1 fully saturated rings. The fraction of sp³-hybridized carbons (Fsp3) is 0.364. The highest BCUT2D eigenvalue weighted by molar-refractivity contribution is 5.76. The van der Waals surface area contributed by atoms with Crippen molar-refractivity contribution in [2.45, 2.75) is 31.8 Å². The van der Waals surface area contributed by atoms with Crippen molar-refractivity contribution in [2.24, 2.45) is 11.7 Å². The minimum atomic E-state index is -0.187. The zero-order valence-corrected chi connectivity index (χ0v) is 16.4. The van der Waals surface area contributed by atoms with E-state index in [0.29, 0.717) is 0 Å². The Morgan fingerprint density at radius 2 is 1.72 bits per heavy atom. The standard InChI is InChI=1S/C22H26N6O/c23-21(29)19-12-14-27(15-13-19)20(18-9-5-2-6-10-18)22-24-25-26-28(22)16-11-17-7-3-1-4-8-17/h1-10,19-20H,11-16H2,(H2,23,29)/p+1/t20-/m0/s1. The van der Waals surface area contributed by atoms with Crippen LogP contribution in [0.25, 0.3) is 0 Å². The van der Waals surface area contributed by atoms with E-state index in [2.05, 4.69) is 64.1 Å². The van der Waals surface area contributed by atoms with Gasteiger partial charge in [0.05, 0.1) is 13.1 Å². The quantitative estimate of drug-likeness (QED) is 0.623. The van der Waals surface area contributed by atoms with Crippen molar-refractivity contribution in [1.82, 2.24) is 20.2 Å². The van der Waals surface area contributed by atoms with Gasteiger partial charge in [-0.1, -0.05) is 60.7 Å². The fourth-order valence-electron chi connectivity index (χ4n) is 4.23. The van der Waals surface area contributed by atoms with E-state index in [0.717, 1.165) is 44.7 Å². The second-order valence-corrected chi connectivity index (χ2v) is 7.67. The number of nitrogens with zero attached hydrogens (tertiary/aromatic N) is 4. The molecule has 3 aromatic rings. The number of aryl methyl sites for hydroxylation is 2. The van der Waals surface area contributed by atoms with Gasteiger partial charge in [0.2, 0.25) is 11.7 Å². The Bertz CT molecular complexity index is 919. The number of amides is 1. The Morgan fingerprint density at radius 3 is 2.38 bits per heavy atom. The average molecular weight is 391 g/mol. The van der Waals surface area contributed by atoms with Crippen molar-refractivity contribution in [3.63, 3.8) is 0 Å². The average Bonchev–Trinajstić information content (AvgIpc) is 3.22. The molecule has 0 spiro atoms. The summed E-state index contributed by atoms with van der Waals surface area (Å²) < 4.78 is 1.93. The first kappa shape index (κ1) is 19.3. The molecule has 29 heavy (non-hydrogen) atoms. The van der Waals surface area contributed by atoms with Gasteiger partial charge < -0.3 is 10.6 Å². The van der Waals surface area contributed by atoms with Crippen molar-refractivity contribution in [3.05, 3.63) is 77.6 Å². The number of nitrogens with two attached hydrogens (primary N) is 1. The van der Waals surface area contributed by atoms with Gasteiger partial charge in [-0.15, -0.1) is 5.10 Å². The maximum atomic E-state index is 11.6. The van der Waals surface area contributed by atoms with E-state index in [9.17, 15) is 4.79 Å². The highest BCUT2D eigenvalue weighted by Crippen LogP contribution is 2.19. The lowest BCUT2D eigenvalue weighted by molar-refractivity contribution is -0.931. The molecule has 4 rings (SSSR count). The smallest absolute Gasteiger partial charge is 0.220 e. The predicted molar refractivity (Wildman–Crippen MR) is 109 cm³/mol. The molecule has 2 aromatic carbocycles. The number of aromatic nitrogens is 4. The molecule has 7 nitrogen and oxygen atoms in total. The van der Waals surface area contributed by atoms with Crippen LogP contribution in [0.15, 0.2) is 60.7 Å². The zero-order chi connectivity index (χ0) is 20.1. The largest absolute Gasteiger partial charge is 0.369 e. The van der Waals surface area contributed by atoms with Crippen molar-refractivity contribution < 1.29 is 9.69 Å². The second kappa shape index (κ2) is 8.96. The molecule has 1 aliphatic rings. The summed E-state index contributed by atoms with van der Waals surface area (Å²) in [5.41, 5.74) is 7.98. The summed E-state index contributed by atoms with van der Waals surface area (Å²) in [7, 11) is 0. The van der Waals surface area contributed by atoms with Crippen LogP contribution in [-0.4, -0.2) is 39.2 Å². The summed E-state index contributed by atoms with van der Waals surface area (Å²) in [4.78, 5) is 13.0. The molecule has 0 aliphatic carbocycles. The summed E-state index contributed by atoms with van der Waals surface area (Å²) >= 11 is 0. The van der Waals surface area contributed by atoms with Gasteiger partial charge in [-0.2, -0.15) is 0 Å². The molecule has 2 heterocycles. The van der Waals surface area contributed by atoms with Crippen molar-refractivity contribution >= 4 is 5.91 Å². The van der Waals surface area contributed by atoms with Crippen LogP contribution in [0.1, 0.15) is 35.8 Å². The molecule has 0 bridgehead atoms. The highest BCUT2D eigenvalue weighted by atomic mass is 16.1. The van der Waals surface area contributed by atoms with Gasteiger partial charge in [-0.25, -0.2) is 4.68 Å². The Balaban J connectivity index is 1.58. The monoisotopic (exact) mass is 391 g/mol. The maximum Gasteiger partial charge on any atom is 0.220 e. The number of benzene rings is 2. The van der Waals surface area contributed by atoms with Gasteiger partial charge in [-0.05, 0) is 22.4 Å². The lowest BCUT2D eigenvalue weighted by Crippen LogP contribution is -3.13. The van der Waals surface area contributed by atoms with Gasteiger partial charge in [0.25, 0.3) is 0 Å². The number of piperidine rings is 1. The predicted octanol–water partition coefficient (Wildman–Crippen LogP) is 0.785. The van der Waals surface area contributed by atoms with Gasteiger partial charge >= 0.3 is 0 Å². The third-order valence-electron chi connectivity index (χ3n) is 5.84. The molecule has 0 saturated carbocycles. The number of carbonyl (C=O) groups is 1. The van der Waals surface area contributed by atoms with Crippen molar-refractivity contribution in [1.29, 1.82) is 0 Å². The first-order chi connectivity index (χ1) is 14.2. The van der Waals surface area contributed by atoms with Crippen LogP contribution in [0, 0.1) is 5.92 Å². The summed E-state index contributed by atoms with van der Waals surface area (Å²) in [6, 6.07) is 20.8. The van der Waals surface area contributed by atoms with E-state index in [4.69, 9.17) is 5.73 Å². The zero-order valence-electron chi connectivity index (χ0n) is 16.4. The number of hydrogen-bond acceptors (Lipinski definition) is 4. The van der Waals surface area contributed by atoms with Crippen molar-refractivity contribution in [3.8, 4) is 0 Å². The number of tetrazole rings is 1. The number of carbonyl (C=O) groups excluding carboxylic acids is 1.